The Morgan fingerprint density at radius 1 is 1.16 bits per heavy atom. The van der Waals surface area contributed by atoms with Crippen LogP contribution in [0.4, 0.5) is 0 Å². The lowest BCUT2D eigenvalue weighted by Crippen LogP contribution is -2.63. The van der Waals surface area contributed by atoms with Crippen LogP contribution in [0.5, 0.6) is 0 Å². The number of aliphatic carboxylic acids is 1. The molecule has 0 spiro atoms. The number of hydrogen-bond acceptors (Lipinski definition) is 6. The number of ketones is 3. The third kappa shape index (κ3) is 4.01. The summed E-state index contributed by atoms with van der Waals surface area (Å²) in [4.78, 5) is 67.6. The van der Waals surface area contributed by atoms with Crippen molar-refractivity contribution in [1.29, 1.82) is 0 Å². The molecule has 1 amide bonds. The van der Waals surface area contributed by atoms with Gasteiger partial charge in [-0.15, -0.1) is 0 Å². The van der Waals surface area contributed by atoms with Crippen molar-refractivity contribution in [1.82, 2.24) is 10.3 Å². The van der Waals surface area contributed by atoms with Crippen molar-refractivity contribution in [3.05, 3.63) is 36.0 Å². The van der Waals surface area contributed by atoms with E-state index in [-0.39, 0.29) is 55.4 Å². The normalized spacial score (nSPS) is 33.6. The number of aromatic nitrogens is 1. The molecule has 0 aliphatic heterocycles. The maximum atomic E-state index is 13.5. The van der Waals surface area contributed by atoms with E-state index < -0.39 is 39.4 Å². The van der Waals surface area contributed by atoms with E-state index in [1.807, 2.05) is 31.2 Å². The van der Waals surface area contributed by atoms with Crippen molar-refractivity contribution in [2.45, 2.75) is 76.0 Å². The lowest BCUT2D eigenvalue weighted by atomic mass is 9.48. The Morgan fingerprint density at radius 3 is 2.63 bits per heavy atom. The van der Waals surface area contributed by atoms with Crippen LogP contribution in [0.15, 0.2) is 30.5 Å². The third-order valence-electron chi connectivity index (χ3n) is 9.80. The molecule has 9 heteroatoms. The van der Waals surface area contributed by atoms with Crippen molar-refractivity contribution in [2.24, 2.45) is 22.7 Å². The minimum absolute atomic E-state index is 0.0571. The first kappa shape index (κ1) is 26.7. The number of H-pyrrole nitrogens is 1. The summed E-state index contributed by atoms with van der Waals surface area (Å²) in [6, 6.07) is 6.41. The molecule has 1 aromatic carbocycles. The fourth-order valence-corrected chi connectivity index (χ4v) is 8.10. The molecule has 0 bridgehead atoms. The summed E-state index contributed by atoms with van der Waals surface area (Å²) in [6.45, 7) is 3.60. The van der Waals surface area contributed by atoms with Crippen LogP contribution in [0.1, 0.15) is 64.4 Å². The first-order valence-electron chi connectivity index (χ1n) is 13.3. The van der Waals surface area contributed by atoms with Gasteiger partial charge in [0.05, 0.1) is 0 Å². The number of para-hydroxylation sites is 1. The Balaban J connectivity index is 1.31. The average molecular weight is 539 g/mol. The molecular weight excluding hydrogens is 504 g/mol. The fraction of sp³-hybridized carbons (Fsp3) is 0.552. The Bertz CT molecular complexity index is 1350. The average Bonchev–Trinajstić information content (AvgIpc) is 3.38. The number of rotatable bonds is 7. The molecule has 0 radical (unpaired) electrons. The molecule has 0 saturated heterocycles. The van der Waals surface area contributed by atoms with Crippen molar-refractivity contribution >= 4 is 52.8 Å². The van der Waals surface area contributed by atoms with Gasteiger partial charge in [0.2, 0.25) is 5.91 Å². The van der Waals surface area contributed by atoms with E-state index in [1.54, 1.807) is 13.1 Å². The van der Waals surface area contributed by atoms with Gasteiger partial charge < -0.3 is 15.4 Å². The third-order valence-corrected chi connectivity index (χ3v) is 10.9. The van der Waals surface area contributed by atoms with Crippen LogP contribution in [0, 0.1) is 22.7 Å². The SMILES string of the molecule is C[C@]1(CCC(=O)N[C@@H](Cc2c[nH]c3ccccc23)C(=O)O)C(=O)CC[C@@H]2[C@@H]1C(=O)C[C@]1(C)C(=O)CC[C@@]21S. The molecule has 6 atom stereocenters. The second kappa shape index (κ2) is 9.36. The van der Waals surface area contributed by atoms with Crippen molar-refractivity contribution in [2.75, 3.05) is 0 Å². The summed E-state index contributed by atoms with van der Waals surface area (Å²) in [5, 5.41) is 13.3. The van der Waals surface area contributed by atoms with Gasteiger partial charge in [0.25, 0.3) is 0 Å². The molecule has 3 aliphatic rings. The minimum atomic E-state index is -1.15. The van der Waals surface area contributed by atoms with Crippen LogP contribution in [-0.4, -0.2) is 50.1 Å². The highest BCUT2D eigenvalue weighted by atomic mass is 32.1. The quantitative estimate of drug-likeness (QED) is 0.398. The van der Waals surface area contributed by atoms with Crippen LogP contribution >= 0.6 is 12.6 Å². The number of amides is 1. The van der Waals surface area contributed by atoms with Gasteiger partial charge in [-0.3, -0.25) is 19.2 Å². The van der Waals surface area contributed by atoms with E-state index in [9.17, 15) is 29.1 Å². The van der Waals surface area contributed by atoms with Crippen molar-refractivity contribution in [3.63, 3.8) is 0 Å². The summed E-state index contributed by atoms with van der Waals surface area (Å²) in [5.41, 5.74) is -0.221. The van der Waals surface area contributed by atoms with E-state index in [0.29, 0.717) is 19.3 Å². The maximum absolute atomic E-state index is 13.5. The van der Waals surface area contributed by atoms with Gasteiger partial charge in [-0.1, -0.05) is 32.0 Å². The van der Waals surface area contributed by atoms with Crippen molar-refractivity contribution in [3.8, 4) is 0 Å². The van der Waals surface area contributed by atoms with Crippen LogP contribution in [-0.2, 0) is 30.4 Å². The minimum Gasteiger partial charge on any atom is -0.480 e. The molecule has 3 aliphatic carbocycles. The lowest BCUT2D eigenvalue weighted by molar-refractivity contribution is -0.157. The Morgan fingerprint density at radius 2 is 1.89 bits per heavy atom. The number of carbonyl (C=O) groups excluding carboxylic acids is 4. The van der Waals surface area contributed by atoms with Gasteiger partial charge in [-0.2, -0.15) is 12.6 Å². The van der Waals surface area contributed by atoms with Gasteiger partial charge >= 0.3 is 5.97 Å². The summed E-state index contributed by atoms with van der Waals surface area (Å²) in [5.74, 6) is -2.54. The zero-order valence-corrected chi connectivity index (χ0v) is 22.6. The Labute approximate surface area is 226 Å². The number of hydrogen-bond donors (Lipinski definition) is 4. The highest BCUT2D eigenvalue weighted by molar-refractivity contribution is 7.82. The second-order valence-corrected chi connectivity index (χ2v) is 12.6. The van der Waals surface area contributed by atoms with Crippen LogP contribution < -0.4 is 5.32 Å². The molecule has 38 heavy (non-hydrogen) atoms. The number of aromatic amines is 1. The fourth-order valence-electron chi connectivity index (χ4n) is 7.51. The number of carbonyl (C=O) groups is 5. The second-order valence-electron chi connectivity index (χ2n) is 11.8. The first-order chi connectivity index (χ1) is 17.9. The number of thiol groups is 1. The number of carboxylic acid groups (broad SMARTS) is 1. The number of fused-ring (bicyclic) bond motifs is 4. The molecule has 8 nitrogen and oxygen atoms in total. The highest BCUT2D eigenvalue weighted by Gasteiger charge is 2.68. The number of benzene rings is 1. The van der Waals surface area contributed by atoms with E-state index >= 15 is 0 Å². The largest absolute Gasteiger partial charge is 0.480 e. The highest BCUT2D eigenvalue weighted by Crippen LogP contribution is 2.65. The topological polar surface area (TPSA) is 133 Å². The smallest absolute Gasteiger partial charge is 0.326 e. The standard InChI is InChI=1S/C29H34N2O6S/c1-27(22(33)8-7-18-25(27)21(32)14-28(2)23(34)9-12-29(18,28)38)11-10-24(35)31-20(26(36)37)13-16-15-30-19-6-4-3-5-17(16)19/h3-6,15,18,20,25,30,38H,7-14H2,1-2H3,(H,31,35)(H,36,37)/t18-,20+,25-,27+,28-,29-/m1/s1. The summed E-state index contributed by atoms with van der Waals surface area (Å²) in [7, 11) is 0. The van der Waals surface area contributed by atoms with E-state index in [4.69, 9.17) is 12.6 Å². The predicted molar refractivity (Wildman–Crippen MR) is 144 cm³/mol. The zero-order valence-electron chi connectivity index (χ0n) is 21.7. The van der Waals surface area contributed by atoms with Crippen molar-refractivity contribution < 1.29 is 29.1 Å². The van der Waals surface area contributed by atoms with Gasteiger partial charge in [-0.05, 0) is 36.8 Å². The molecule has 3 N–H and O–H groups in total. The van der Waals surface area contributed by atoms with Gasteiger partial charge in [0, 0.05) is 70.7 Å². The summed E-state index contributed by atoms with van der Waals surface area (Å²) >= 11 is 5.04. The summed E-state index contributed by atoms with van der Waals surface area (Å²) in [6.07, 6.45) is 3.74. The Hall–Kier alpha value is -2.94. The predicted octanol–water partition coefficient (Wildman–Crippen LogP) is 3.67. The monoisotopic (exact) mass is 538 g/mol. The molecule has 202 valence electrons. The molecular formula is C29H34N2O6S. The van der Waals surface area contributed by atoms with E-state index in [1.165, 1.54) is 0 Å². The number of Topliss-reactive ketones (excluding diaryl/α,β-unsaturated/α-hetero) is 3. The maximum Gasteiger partial charge on any atom is 0.326 e. The molecule has 1 aromatic heterocycles. The van der Waals surface area contributed by atoms with Gasteiger partial charge in [0.1, 0.15) is 23.4 Å². The zero-order chi connectivity index (χ0) is 27.5. The molecule has 5 rings (SSSR count). The molecule has 3 fully saturated rings. The van der Waals surface area contributed by atoms with Crippen LogP contribution in [0.25, 0.3) is 10.9 Å². The Kier molecular flexibility index (Phi) is 6.57. The molecule has 2 aromatic rings. The van der Waals surface area contributed by atoms with E-state index in [2.05, 4.69) is 10.3 Å². The summed E-state index contributed by atoms with van der Waals surface area (Å²) < 4.78 is -0.652. The number of nitrogens with one attached hydrogen (secondary N) is 2. The molecule has 1 heterocycles. The first-order valence-corrected chi connectivity index (χ1v) is 13.7. The van der Waals surface area contributed by atoms with Gasteiger partial charge in [0.15, 0.2) is 0 Å². The lowest BCUT2D eigenvalue weighted by Gasteiger charge is -2.57. The van der Waals surface area contributed by atoms with Crippen LogP contribution in [0.2, 0.25) is 0 Å². The van der Waals surface area contributed by atoms with Crippen LogP contribution in [0.3, 0.4) is 0 Å². The molecule has 0 unspecified atom stereocenters. The van der Waals surface area contributed by atoms with Gasteiger partial charge in [-0.25, -0.2) is 4.79 Å². The number of carboxylic acids is 1. The van der Waals surface area contributed by atoms with E-state index in [0.717, 1.165) is 16.5 Å². The molecule has 3 saturated carbocycles.